The molecule has 0 radical (unpaired) electrons. The number of ether oxygens (including phenoxy) is 2. The lowest BCUT2D eigenvalue weighted by Crippen LogP contribution is -2.44. The van der Waals surface area contributed by atoms with Crippen molar-refractivity contribution in [2.75, 3.05) is 26.8 Å². The second-order valence-electron chi connectivity index (χ2n) is 7.50. The van der Waals surface area contributed by atoms with E-state index in [4.69, 9.17) is 9.47 Å². The molecule has 30 heavy (non-hydrogen) atoms. The van der Waals surface area contributed by atoms with E-state index in [9.17, 15) is 19.2 Å². The Morgan fingerprint density at radius 3 is 2.67 bits per heavy atom. The lowest BCUT2D eigenvalue weighted by molar-refractivity contribution is -0.149. The van der Waals surface area contributed by atoms with Crippen molar-refractivity contribution in [3.05, 3.63) is 29.8 Å². The largest absolute Gasteiger partial charge is 0.496 e. The average Bonchev–Trinajstić information content (AvgIpc) is 3.30. The van der Waals surface area contributed by atoms with Crippen LogP contribution in [0.2, 0.25) is 0 Å². The van der Waals surface area contributed by atoms with E-state index in [0.29, 0.717) is 25.8 Å². The van der Waals surface area contributed by atoms with Gasteiger partial charge in [0.25, 0.3) is 11.8 Å². The van der Waals surface area contributed by atoms with E-state index in [2.05, 4.69) is 10.6 Å². The van der Waals surface area contributed by atoms with E-state index >= 15 is 0 Å². The number of esters is 1. The maximum atomic E-state index is 12.5. The minimum atomic E-state index is -0.789. The van der Waals surface area contributed by atoms with Gasteiger partial charge in [0, 0.05) is 13.1 Å². The van der Waals surface area contributed by atoms with Gasteiger partial charge in [0.15, 0.2) is 6.61 Å². The summed E-state index contributed by atoms with van der Waals surface area (Å²) in [5.41, 5.74) is 0.174. The maximum Gasteiger partial charge on any atom is 0.325 e. The smallest absolute Gasteiger partial charge is 0.325 e. The number of hydrogen-bond acceptors (Lipinski definition) is 6. The number of rotatable bonds is 9. The summed E-state index contributed by atoms with van der Waals surface area (Å²) in [6.45, 7) is -0.0865. The van der Waals surface area contributed by atoms with Crippen LogP contribution in [0.25, 0.3) is 0 Å². The molecular weight excluding hydrogens is 390 g/mol. The van der Waals surface area contributed by atoms with Gasteiger partial charge in [-0.15, -0.1) is 0 Å². The fourth-order valence-corrected chi connectivity index (χ4v) is 3.92. The highest BCUT2D eigenvalue weighted by molar-refractivity contribution is 6.07. The van der Waals surface area contributed by atoms with Gasteiger partial charge in [-0.3, -0.25) is 19.3 Å². The number of nitrogens with zero attached hydrogens (tertiary/aromatic N) is 1. The van der Waals surface area contributed by atoms with Gasteiger partial charge in [0.05, 0.1) is 13.5 Å². The van der Waals surface area contributed by atoms with Gasteiger partial charge >= 0.3 is 12.0 Å². The number of para-hydroxylation sites is 1. The number of urea groups is 1. The zero-order chi connectivity index (χ0) is 21.6. The third-order valence-corrected chi connectivity index (χ3v) is 5.52. The first-order chi connectivity index (χ1) is 14.4. The molecule has 0 unspecified atom stereocenters. The molecule has 2 N–H and O–H groups in total. The van der Waals surface area contributed by atoms with Crippen LogP contribution in [0.5, 0.6) is 5.75 Å². The molecule has 9 nitrogen and oxygen atoms in total. The zero-order valence-electron chi connectivity index (χ0n) is 17.1. The third-order valence-electron chi connectivity index (χ3n) is 5.52. The predicted octanol–water partition coefficient (Wildman–Crippen LogP) is 1.15. The molecular formula is C21H27N3O6. The molecule has 2 aliphatic rings. The van der Waals surface area contributed by atoms with Crippen molar-refractivity contribution in [1.82, 2.24) is 15.5 Å². The van der Waals surface area contributed by atoms with Gasteiger partial charge in [-0.25, -0.2) is 4.79 Å². The molecule has 162 valence electrons. The van der Waals surface area contributed by atoms with Gasteiger partial charge in [-0.1, -0.05) is 31.0 Å². The molecule has 3 rings (SSSR count). The Morgan fingerprint density at radius 1 is 1.20 bits per heavy atom. The van der Waals surface area contributed by atoms with Crippen molar-refractivity contribution in [3.63, 3.8) is 0 Å². The molecule has 1 aromatic carbocycles. The number of amides is 4. The lowest BCUT2D eigenvalue weighted by atomic mass is 9.98. The normalized spacial score (nSPS) is 17.2. The molecule has 0 atom stereocenters. The van der Waals surface area contributed by atoms with Crippen LogP contribution in [0.15, 0.2) is 24.3 Å². The third kappa shape index (κ3) is 4.90. The standard InChI is InChI=1S/C21H27N3O6/c1-29-16-7-3-2-6-15(16)8-12-22-17(25)14-30-18(26)9-13-24-19(27)21(23-20(24)28)10-4-5-11-21/h2-3,6-7H,4-5,8-14H2,1H3,(H,22,25)(H,23,28). The first kappa shape index (κ1) is 21.6. The molecule has 1 spiro atoms. The number of imide groups is 1. The molecule has 4 amide bonds. The molecule has 1 heterocycles. The predicted molar refractivity (Wildman–Crippen MR) is 107 cm³/mol. The van der Waals surface area contributed by atoms with Crippen LogP contribution >= 0.6 is 0 Å². The van der Waals surface area contributed by atoms with Crippen LogP contribution < -0.4 is 15.4 Å². The monoisotopic (exact) mass is 417 g/mol. The zero-order valence-corrected chi connectivity index (χ0v) is 17.1. The van der Waals surface area contributed by atoms with Crippen LogP contribution in [0.4, 0.5) is 4.79 Å². The summed E-state index contributed by atoms with van der Waals surface area (Å²) < 4.78 is 10.2. The molecule has 1 aliphatic heterocycles. The van der Waals surface area contributed by atoms with Crippen LogP contribution in [-0.4, -0.2) is 61.1 Å². The Bertz CT molecular complexity index is 819. The van der Waals surface area contributed by atoms with E-state index in [-0.39, 0.29) is 18.9 Å². The van der Waals surface area contributed by atoms with Crippen molar-refractivity contribution >= 4 is 23.8 Å². The van der Waals surface area contributed by atoms with Crippen LogP contribution in [0, 0.1) is 0 Å². The van der Waals surface area contributed by atoms with E-state index in [1.807, 2.05) is 24.3 Å². The van der Waals surface area contributed by atoms with Crippen molar-refractivity contribution in [2.24, 2.45) is 0 Å². The van der Waals surface area contributed by atoms with E-state index < -0.39 is 30.1 Å². The first-order valence-corrected chi connectivity index (χ1v) is 10.1. The second kappa shape index (κ2) is 9.60. The molecule has 0 bridgehead atoms. The summed E-state index contributed by atoms with van der Waals surface area (Å²) in [5.74, 6) is -0.578. The molecule has 0 aromatic heterocycles. The average molecular weight is 417 g/mol. The van der Waals surface area contributed by atoms with Crippen LogP contribution in [-0.2, 0) is 25.5 Å². The highest BCUT2D eigenvalue weighted by Crippen LogP contribution is 2.35. The SMILES string of the molecule is COc1ccccc1CCNC(=O)COC(=O)CCN1C(=O)NC2(CCCC2)C1=O. The summed E-state index contributed by atoms with van der Waals surface area (Å²) in [4.78, 5) is 49.5. The Kier molecular flexibility index (Phi) is 6.91. The van der Waals surface area contributed by atoms with Crippen molar-refractivity contribution in [3.8, 4) is 5.75 Å². The minimum absolute atomic E-state index is 0.0549. The van der Waals surface area contributed by atoms with Crippen LogP contribution in [0.1, 0.15) is 37.7 Å². The van der Waals surface area contributed by atoms with E-state index in [1.165, 1.54) is 0 Å². The highest BCUT2D eigenvalue weighted by atomic mass is 16.5. The van der Waals surface area contributed by atoms with Gasteiger partial charge in [0.1, 0.15) is 11.3 Å². The number of benzene rings is 1. The fraction of sp³-hybridized carbons (Fsp3) is 0.524. The number of carbonyl (C=O) groups excluding carboxylic acids is 4. The van der Waals surface area contributed by atoms with Gasteiger partial charge in [0.2, 0.25) is 0 Å². The first-order valence-electron chi connectivity index (χ1n) is 10.1. The molecule has 1 aromatic rings. The summed E-state index contributed by atoms with van der Waals surface area (Å²) in [6.07, 6.45) is 3.49. The van der Waals surface area contributed by atoms with Crippen molar-refractivity contribution < 1.29 is 28.7 Å². The van der Waals surface area contributed by atoms with E-state index in [1.54, 1.807) is 7.11 Å². The Hall–Kier alpha value is -3.10. The quantitative estimate of drug-likeness (QED) is 0.460. The van der Waals surface area contributed by atoms with Crippen molar-refractivity contribution in [2.45, 2.75) is 44.1 Å². The Balaban J connectivity index is 1.35. The number of nitrogens with one attached hydrogen (secondary N) is 2. The molecule has 2 fully saturated rings. The molecule has 9 heteroatoms. The fourth-order valence-electron chi connectivity index (χ4n) is 3.92. The maximum absolute atomic E-state index is 12.5. The highest BCUT2D eigenvalue weighted by Gasteiger charge is 2.52. The lowest BCUT2D eigenvalue weighted by Gasteiger charge is -2.19. The van der Waals surface area contributed by atoms with Crippen LogP contribution in [0.3, 0.4) is 0 Å². The van der Waals surface area contributed by atoms with Gasteiger partial charge < -0.3 is 20.1 Å². The summed E-state index contributed by atoms with van der Waals surface area (Å²) in [7, 11) is 1.59. The van der Waals surface area contributed by atoms with Gasteiger partial charge in [-0.05, 0) is 30.9 Å². The van der Waals surface area contributed by atoms with Crippen molar-refractivity contribution in [1.29, 1.82) is 0 Å². The Morgan fingerprint density at radius 2 is 1.93 bits per heavy atom. The number of hydrogen-bond donors (Lipinski definition) is 2. The second-order valence-corrected chi connectivity index (χ2v) is 7.50. The summed E-state index contributed by atoms with van der Waals surface area (Å²) in [6, 6.07) is 7.05. The van der Waals surface area contributed by atoms with E-state index in [0.717, 1.165) is 29.1 Å². The van der Waals surface area contributed by atoms with Gasteiger partial charge in [-0.2, -0.15) is 0 Å². The molecule has 1 saturated carbocycles. The number of methoxy groups -OCH3 is 1. The molecule has 1 saturated heterocycles. The number of carbonyl (C=O) groups is 4. The topological polar surface area (TPSA) is 114 Å². The summed E-state index contributed by atoms with van der Waals surface area (Å²) >= 11 is 0. The molecule has 1 aliphatic carbocycles. The minimum Gasteiger partial charge on any atom is -0.496 e. The Labute approximate surface area is 175 Å². The summed E-state index contributed by atoms with van der Waals surface area (Å²) in [5, 5.41) is 5.44.